The van der Waals surface area contributed by atoms with Crippen LogP contribution in [0.1, 0.15) is 17.2 Å². The van der Waals surface area contributed by atoms with E-state index in [1.165, 1.54) is 0 Å². The van der Waals surface area contributed by atoms with Gasteiger partial charge in [-0.3, -0.25) is 4.79 Å². The molecule has 0 radical (unpaired) electrons. The Morgan fingerprint density at radius 1 is 1.19 bits per heavy atom. The predicted molar refractivity (Wildman–Crippen MR) is 84.5 cm³/mol. The van der Waals surface area contributed by atoms with Gasteiger partial charge in [0.25, 0.3) is 0 Å². The zero-order valence-electron chi connectivity index (χ0n) is 12.5. The van der Waals surface area contributed by atoms with E-state index in [4.69, 9.17) is 10.5 Å². The Hall–Kier alpha value is -2.33. The molecule has 2 aromatic carbocycles. The molecule has 0 aliphatic heterocycles. The van der Waals surface area contributed by atoms with E-state index in [9.17, 15) is 4.79 Å². The van der Waals surface area contributed by atoms with E-state index in [2.05, 4.69) is 0 Å². The minimum absolute atomic E-state index is 0.160. The van der Waals surface area contributed by atoms with Gasteiger partial charge in [0, 0.05) is 18.8 Å². The molecule has 0 fully saturated rings. The standard InChI is InChI=1S/C17H20N2O2/c1-12-7-9-13(10-8-12)16(18)17(20)19(2)14-5-4-6-15(11-14)21-3/h4-11,16H,18H2,1-3H3. The van der Waals surface area contributed by atoms with Crippen molar-refractivity contribution >= 4 is 11.6 Å². The Morgan fingerprint density at radius 3 is 2.48 bits per heavy atom. The Morgan fingerprint density at radius 2 is 1.86 bits per heavy atom. The molecule has 2 rings (SSSR count). The molecule has 2 N–H and O–H groups in total. The predicted octanol–water partition coefficient (Wildman–Crippen LogP) is 2.67. The lowest BCUT2D eigenvalue weighted by molar-refractivity contribution is -0.119. The lowest BCUT2D eigenvalue weighted by Gasteiger charge is -2.22. The second-order valence-corrected chi connectivity index (χ2v) is 4.99. The zero-order valence-corrected chi connectivity index (χ0v) is 12.5. The number of anilines is 1. The average molecular weight is 284 g/mol. The van der Waals surface area contributed by atoms with Crippen molar-refractivity contribution in [3.8, 4) is 5.75 Å². The van der Waals surface area contributed by atoms with Crippen LogP contribution >= 0.6 is 0 Å². The SMILES string of the molecule is COc1cccc(N(C)C(=O)C(N)c2ccc(C)cc2)c1. The van der Waals surface area contributed by atoms with Crippen molar-refractivity contribution in [3.05, 3.63) is 59.7 Å². The van der Waals surface area contributed by atoms with E-state index in [1.54, 1.807) is 25.1 Å². The van der Waals surface area contributed by atoms with Gasteiger partial charge in [0.05, 0.1) is 7.11 Å². The van der Waals surface area contributed by atoms with E-state index in [-0.39, 0.29) is 5.91 Å². The lowest BCUT2D eigenvalue weighted by atomic mass is 10.0. The molecule has 110 valence electrons. The summed E-state index contributed by atoms with van der Waals surface area (Å²) in [6, 6.07) is 14.3. The highest BCUT2D eigenvalue weighted by Crippen LogP contribution is 2.22. The van der Waals surface area contributed by atoms with Crippen LogP contribution in [0, 0.1) is 6.92 Å². The van der Waals surface area contributed by atoms with Crippen molar-refractivity contribution in [3.63, 3.8) is 0 Å². The minimum Gasteiger partial charge on any atom is -0.497 e. The molecule has 1 amide bonds. The number of benzene rings is 2. The molecule has 0 aliphatic rings. The van der Waals surface area contributed by atoms with Crippen LogP contribution in [0.3, 0.4) is 0 Å². The summed E-state index contributed by atoms with van der Waals surface area (Å²) < 4.78 is 5.17. The number of carbonyl (C=O) groups excluding carboxylic acids is 1. The number of nitrogens with zero attached hydrogens (tertiary/aromatic N) is 1. The van der Waals surface area contributed by atoms with Crippen molar-refractivity contribution in [2.24, 2.45) is 5.73 Å². The van der Waals surface area contributed by atoms with Gasteiger partial charge in [0.1, 0.15) is 11.8 Å². The fraction of sp³-hybridized carbons (Fsp3) is 0.235. The lowest BCUT2D eigenvalue weighted by Crippen LogP contribution is -2.35. The number of likely N-dealkylation sites (N-methyl/N-ethyl adjacent to an activating group) is 1. The van der Waals surface area contributed by atoms with E-state index in [0.29, 0.717) is 5.75 Å². The maximum absolute atomic E-state index is 12.5. The fourth-order valence-corrected chi connectivity index (χ4v) is 2.07. The van der Waals surface area contributed by atoms with Crippen LogP contribution in [0.15, 0.2) is 48.5 Å². The third-order valence-electron chi connectivity index (χ3n) is 3.47. The van der Waals surface area contributed by atoms with Gasteiger partial charge < -0.3 is 15.4 Å². The summed E-state index contributed by atoms with van der Waals surface area (Å²) in [4.78, 5) is 14.0. The molecular weight excluding hydrogens is 264 g/mol. The number of ether oxygens (including phenoxy) is 1. The molecule has 0 aromatic heterocycles. The van der Waals surface area contributed by atoms with Crippen LogP contribution < -0.4 is 15.4 Å². The smallest absolute Gasteiger partial charge is 0.248 e. The van der Waals surface area contributed by atoms with Crippen molar-refractivity contribution in [2.45, 2.75) is 13.0 Å². The third kappa shape index (κ3) is 3.41. The van der Waals surface area contributed by atoms with Crippen molar-refractivity contribution in [1.82, 2.24) is 0 Å². The number of methoxy groups -OCH3 is 1. The van der Waals surface area contributed by atoms with Gasteiger partial charge in [-0.2, -0.15) is 0 Å². The molecule has 4 heteroatoms. The highest BCUT2D eigenvalue weighted by atomic mass is 16.5. The first-order valence-corrected chi connectivity index (χ1v) is 6.76. The maximum atomic E-state index is 12.5. The Kier molecular flexibility index (Phi) is 4.60. The molecule has 1 atom stereocenters. The number of rotatable bonds is 4. The Balaban J connectivity index is 2.19. The summed E-state index contributed by atoms with van der Waals surface area (Å²) in [7, 11) is 3.31. The van der Waals surface area contributed by atoms with Gasteiger partial charge in [0.15, 0.2) is 0 Å². The van der Waals surface area contributed by atoms with Gasteiger partial charge in [-0.15, -0.1) is 0 Å². The van der Waals surface area contributed by atoms with Crippen LogP contribution in [0.5, 0.6) is 5.75 Å². The van der Waals surface area contributed by atoms with Gasteiger partial charge in [-0.05, 0) is 24.6 Å². The molecule has 21 heavy (non-hydrogen) atoms. The molecule has 0 bridgehead atoms. The molecule has 0 aliphatic carbocycles. The molecule has 0 heterocycles. The maximum Gasteiger partial charge on any atom is 0.248 e. The second kappa shape index (κ2) is 6.41. The second-order valence-electron chi connectivity index (χ2n) is 4.99. The summed E-state index contributed by atoms with van der Waals surface area (Å²) in [6.07, 6.45) is 0. The summed E-state index contributed by atoms with van der Waals surface area (Å²) in [6.45, 7) is 2.00. The molecule has 0 saturated carbocycles. The first kappa shape index (κ1) is 15.1. The van der Waals surface area contributed by atoms with Crippen molar-refractivity contribution in [1.29, 1.82) is 0 Å². The number of nitrogens with two attached hydrogens (primary N) is 1. The van der Waals surface area contributed by atoms with E-state index >= 15 is 0 Å². The average Bonchev–Trinajstić information content (AvgIpc) is 2.53. The minimum atomic E-state index is -0.679. The first-order chi connectivity index (χ1) is 10.0. The molecule has 2 aromatic rings. The first-order valence-electron chi connectivity index (χ1n) is 6.76. The molecule has 1 unspecified atom stereocenters. The summed E-state index contributed by atoms with van der Waals surface area (Å²) in [5.74, 6) is 0.545. The molecular formula is C17H20N2O2. The van der Waals surface area contributed by atoms with Crippen molar-refractivity contribution < 1.29 is 9.53 Å². The van der Waals surface area contributed by atoms with Crippen LogP contribution in [-0.4, -0.2) is 20.1 Å². The van der Waals surface area contributed by atoms with Crippen LogP contribution in [0.4, 0.5) is 5.69 Å². The monoisotopic (exact) mass is 284 g/mol. The summed E-state index contributed by atoms with van der Waals surface area (Å²) in [5, 5.41) is 0. The van der Waals surface area contributed by atoms with Crippen LogP contribution in [-0.2, 0) is 4.79 Å². The number of aryl methyl sites for hydroxylation is 1. The summed E-state index contributed by atoms with van der Waals surface area (Å²) >= 11 is 0. The Bertz CT molecular complexity index is 623. The van der Waals surface area contributed by atoms with Crippen LogP contribution in [0.2, 0.25) is 0 Å². The van der Waals surface area contributed by atoms with Crippen molar-refractivity contribution in [2.75, 3.05) is 19.1 Å². The van der Waals surface area contributed by atoms with Gasteiger partial charge in [-0.25, -0.2) is 0 Å². The number of hydrogen-bond acceptors (Lipinski definition) is 3. The van der Waals surface area contributed by atoms with E-state index in [0.717, 1.165) is 16.8 Å². The zero-order chi connectivity index (χ0) is 15.4. The van der Waals surface area contributed by atoms with E-state index in [1.807, 2.05) is 49.4 Å². The third-order valence-corrected chi connectivity index (χ3v) is 3.47. The summed E-state index contributed by atoms with van der Waals surface area (Å²) in [5.41, 5.74) is 8.77. The number of hydrogen-bond donors (Lipinski definition) is 1. The van der Waals surface area contributed by atoms with E-state index < -0.39 is 6.04 Å². The molecule has 0 spiro atoms. The number of amides is 1. The highest BCUT2D eigenvalue weighted by Gasteiger charge is 2.21. The largest absolute Gasteiger partial charge is 0.497 e. The normalized spacial score (nSPS) is 11.8. The number of carbonyl (C=O) groups is 1. The quantitative estimate of drug-likeness (QED) is 0.939. The van der Waals surface area contributed by atoms with Gasteiger partial charge in [-0.1, -0.05) is 35.9 Å². The van der Waals surface area contributed by atoms with Gasteiger partial charge >= 0.3 is 0 Å². The van der Waals surface area contributed by atoms with Gasteiger partial charge in [0.2, 0.25) is 5.91 Å². The molecule has 0 saturated heterocycles. The topological polar surface area (TPSA) is 55.6 Å². The fourth-order valence-electron chi connectivity index (χ4n) is 2.07. The highest BCUT2D eigenvalue weighted by molar-refractivity contribution is 5.97. The van der Waals surface area contributed by atoms with Crippen LogP contribution in [0.25, 0.3) is 0 Å². The molecule has 4 nitrogen and oxygen atoms in total. The Labute approximate surface area is 125 Å².